The van der Waals surface area contributed by atoms with Crippen LogP contribution in [0.4, 0.5) is 8.78 Å². The Morgan fingerprint density at radius 1 is 1.21 bits per heavy atom. The monoisotopic (exact) mass is 325 g/mol. The van der Waals surface area contributed by atoms with E-state index in [0.29, 0.717) is 10.9 Å². The minimum Gasteiger partial charge on any atom is -0.324 e. The van der Waals surface area contributed by atoms with E-state index in [1.165, 1.54) is 18.2 Å². The lowest BCUT2D eigenvalue weighted by Crippen LogP contribution is -2.15. The first kappa shape index (κ1) is 14.2. The maximum absolute atomic E-state index is 13.4. The van der Waals surface area contributed by atoms with Crippen molar-refractivity contribution in [2.45, 2.75) is 19.4 Å². The summed E-state index contributed by atoms with van der Waals surface area (Å²) in [4.78, 5) is 0. The Bertz CT molecular complexity index is 599. The summed E-state index contributed by atoms with van der Waals surface area (Å²) in [5.74, 6) is -0.630. The van der Waals surface area contributed by atoms with Crippen LogP contribution in [0.2, 0.25) is 0 Å². The standard InChI is InChI=1S/C15H14BrF2N/c1-9-5-6-11(17)8-12(9)14(19)7-10-3-2-4-13(18)15(10)16/h2-6,8,14H,7,19H2,1H3. The third-order valence-corrected chi connectivity index (χ3v) is 4.00. The van der Waals surface area contributed by atoms with Gasteiger partial charge in [0.15, 0.2) is 0 Å². The molecule has 0 aliphatic rings. The van der Waals surface area contributed by atoms with Gasteiger partial charge in [0.2, 0.25) is 0 Å². The molecule has 0 saturated heterocycles. The molecule has 0 fully saturated rings. The molecule has 0 bridgehead atoms. The zero-order valence-corrected chi connectivity index (χ0v) is 12.0. The SMILES string of the molecule is Cc1ccc(F)cc1C(N)Cc1cccc(F)c1Br. The molecule has 0 aromatic heterocycles. The quantitative estimate of drug-likeness (QED) is 0.895. The summed E-state index contributed by atoms with van der Waals surface area (Å²) in [5, 5.41) is 0. The summed E-state index contributed by atoms with van der Waals surface area (Å²) in [6.07, 6.45) is 0.447. The van der Waals surface area contributed by atoms with Crippen LogP contribution in [0.5, 0.6) is 0 Å². The van der Waals surface area contributed by atoms with Crippen molar-refractivity contribution in [3.8, 4) is 0 Å². The van der Waals surface area contributed by atoms with Crippen LogP contribution in [0.15, 0.2) is 40.9 Å². The van der Waals surface area contributed by atoms with E-state index < -0.39 is 0 Å². The van der Waals surface area contributed by atoms with Gasteiger partial charge in [0, 0.05) is 6.04 Å². The number of hydrogen-bond donors (Lipinski definition) is 1. The second-order valence-electron chi connectivity index (χ2n) is 4.52. The lowest BCUT2D eigenvalue weighted by atomic mass is 9.96. The average Bonchev–Trinajstić information content (AvgIpc) is 2.38. The lowest BCUT2D eigenvalue weighted by molar-refractivity contribution is 0.608. The van der Waals surface area contributed by atoms with Gasteiger partial charge in [-0.25, -0.2) is 8.78 Å². The molecular formula is C15H14BrF2N. The third kappa shape index (κ3) is 3.19. The van der Waals surface area contributed by atoms with Gasteiger partial charge in [-0.05, 0) is 64.2 Å². The number of nitrogens with two attached hydrogens (primary N) is 1. The largest absolute Gasteiger partial charge is 0.324 e. The first-order valence-electron chi connectivity index (χ1n) is 5.93. The van der Waals surface area contributed by atoms with E-state index in [4.69, 9.17) is 5.73 Å². The van der Waals surface area contributed by atoms with Gasteiger partial charge < -0.3 is 5.73 Å². The maximum atomic E-state index is 13.4. The van der Waals surface area contributed by atoms with Crippen molar-refractivity contribution in [3.63, 3.8) is 0 Å². The molecule has 0 saturated carbocycles. The van der Waals surface area contributed by atoms with Gasteiger partial charge in [0.25, 0.3) is 0 Å². The summed E-state index contributed by atoms with van der Waals surface area (Å²) in [7, 11) is 0. The zero-order valence-electron chi connectivity index (χ0n) is 10.5. The topological polar surface area (TPSA) is 26.0 Å². The molecule has 0 spiro atoms. The van der Waals surface area contributed by atoms with E-state index in [1.54, 1.807) is 12.1 Å². The zero-order chi connectivity index (χ0) is 14.0. The van der Waals surface area contributed by atoms with Crippen LogP contribution in [0.25, 0.3) is 0 Å². The van der Waals surface area contributed by atoms with Crippen molar-refractivity contribution in [3.05, 3.63) is 69.2 Å². The van der Waals surface area contributed by atoms with Gasteiger partial charge >= 0.3 is 0 Å². The van der Waals surface area contributed by atoms with Crippen molar-refractivity contribution in [2.24, 2.45) is 5.73 Å². The van der Waals surface area contributed by atoms with Crippen LogP contribution < -0.4 is 5.73 Å². The Kier molecular flexibility index (Phi) is 4.32. The summed E-state index contributed by atoms with van der Waals surface area (Å²) in [6.45, 7) is 1.88. The van der Waals surface area contributed by atoms with Crippen LogP contribution >= 0.6 is 15.9 Å². The highest BCUT2D eigenvalue weighted by atomic mass is 79.9. The van der Waals surface area contributed by atoms with E-state index in [1.807, 2.05) is 13.0 Å². The van der Waals surface area contributed by atoms with Crippen molar-refractivity contribution < 1.29 is 8.78 Å². The fraction of sp³-hybridized carbons (Fsp3) is 0.200. The van der Waals surface area contributed by atoms with Crippen LogP contribution in [-0.4, -0.2) is 0 Å². The Balaban J connectivity index is 2.28. The van der Waals surface area contributed by atoms with Gasteiger partial charge in [-0.15, -0.1) is 0 Å². The molecular weight excluding hydrogens is 312 g/mol. The molecule has 0 amide bonds. The first-order valence-corrected chi connectivity index (χ1v) is 6.73. The smallest absolute Gasteiger partial charge is 0.137 e. The molecule has 2 aromatic carbocycles. The van der Waals surface area contributed by atoms with Gasteiger partial charge in [-0.3, -0.25) is 0 Å². The highest BCUT2D eigenvalue weighted by molar-refractivity contribution is 9.10. The van der Waals surface area contributed by atoms with Gasteiger partial charge in [0.05, 0.1) is 4.47 Å². The molecule has 19 heavy (non-hydrogen) atoms. The molecule has 100 valence electrons. The van der Waals surface area contributed by atoms with E-state index in [2.05, 4.69) is 15.9 Å². The Labute approximate surface area is 119 Å². The van der Waals surface area contributed by atoms with E-state index in [0.717, 1.165) is 16.7 Å². The third-order valence-electron chi connectivity index (χ3n) is 3.11. The van der Waals surface area contributed by atoms with Gasteiger partial charge in [-0.1, -0.05) is 18.2 Å². The Hall–Kier alpha value is -1.26. The Morgan fingerprint density at radius 2 is 1.95 bits per heavy atom. The number of aryl methyl sites for hydroxylation is 1. The summed E-state index contributed by atoms with van der Waals surface area (Å²) in [5.41, 5.74) is 8.56. The highest BCUT2D eigenvalue weighted by Gasteiger charge is 2.14. The minimum atomic E-state index is -0.367. The lowest BCUT2D eigenvalue weighted by Gasteiger charge is -2.16. The molecule has 0 heterocycles. The predicted molar refractivity (Wildman–Crippen MR) is 75.9 cm³/mol. The molecule has 1 unspecified atom stereocenters. The Morgan fingerprint density at radius 3 is 2.68 bits per heavy atom. The molecule has 0 aliphatic carbocycles. The van der Waals surface area contributed by atoms with Crippen molar-refractivity contribution in [2.75, 3.05) is 0 Å². The predicted octanol–water partition coefficient (Wildman–Crippen LogP) is 4.28. The molecule has 2 rings (SSSR count). The molecule has 0 aliphatic heterocycles. The molecule has 2 N–H and O–H groups in total. The number of halogens is 3. The van der Waals surface area contributed by atoms with Gasteiger partial charge in [0.1, 0.15) is 11.6 Å². The highest BCUT2D eigenvalue weighted by Crippen LogP contribution is 2.26. The number of rotatable bonds is 3. The first-order chi connectivity index (χ1) is 8.99. The molecule has 0 radical (unpaired) electrons. The van der Waals surface area contributed by atoms with Crippen molar-refractivity contribution in [1.29, 1.82) is 0 Å². The van der Waals surface area contributed by atoms with E-state index in [-0.39, 0.29) is 17.7 Å². The molecule has 2 aromatic rings. The summed E-state index contributed by atoms with van der Waals surface area (Å²) >= 11 is 3.21. The van der Waals surface area contributed by atoms with Gasteiger partial charge in [-0.2, -0.15) is 0 Å². The van der Waals surface area contributed by atoms with Crippen LogP contribution in [0, 0.1) is 18.6 Å². The van der Waals surface area contributed by atoms with Crippen LogP contribution in [0.3, 0.4) is 0 Å². The fourth-order valence-corrected chi connectivity index (χ4v) is 2.49. The van der Waals surface area contributed by atoms with Crippen molar-refractivity contribution in [1.82, 2.24) is 0 Å². The summed E-state index contributed by atoms with van der Waals surface area (Å²) in [6, 6.07) is 9.00. The van der Waals surface area contributed by atoms with Crippen LogP contribution in [0.1, 0.15) is 22.7 Å². The van der Waals surface area contributed by atoms with Crippen LogP contribution in [-0.2, 0) is 6.42 Å². The number of benzene rings is 2. The minimum absolute atomic E-state index is 0.311. The second kappa shape index (κ2) is 5.80. The number of hydrogen-bond acceptors (Lipinski definition) is 1. The maximum Gasteiger partial charge on any atom is 0.137 e. The summed E-state index contributed by atoms with van der Waals surface area (Å²) < 4.78 is 27.1. The average molecular weight is 326 g/mol. The van der Waals surface area contributed by atoms with Crippen molar-refractivity contribution >= 4 is 15.9 Å². The van der Waals surface area contributed by atoms with E-state index in [9.17, 15) is 8.78 Å². The second-order valence-corrected chi connectivity index (χ2v) is 5.32. The normalized spacial score (nSPS) is 12.5. The molecule has 1 nitrogen and oxygen atoms in total. The fourth-order valence-electron chi connectivity index (χ4n) is 2.06. The molecule has 1 atom stereocenters. The molecule has 4 heteroatoms. The van der Waals surface area contributed by atoms with E-state index >= 15 is 0 Å².